The number of aromatic carboxylic acids is 1. The molecule has 0 fully saturated rings. The molecule has 2 aromatic carbocycles. The third-order valence-electron chi connectivity index (χ3n) is 3.77. The minimum atomic E-state index is -0.994. The Bertz CT molecular complexity index is 906. The van der Waals surface area contributed by atoms with Gasteiger partial charge in [0, 0.05) is 17.0 Å². The minimum Gasteiger partial charge on any atom is -0.486 e. The Morgan fingerprint density at radius 2 is 1.70 bits per heavy atom. The van der Waals surface area contributed by atoms with Crippen LogP contribution < -0.4 is 9.47 Å². The van der Waals surface area contributed by atoms with E-state index < -0.39 is 5.97 Å². The maximum atomic E-state index is 11.7. The number of ether oxygens (including phenoxy) is 2. The van der Waals surface area contributed by atoms with Crippen molar-refractivity contribution in [3.63, 3.8) is 0 Å². The highest BCUT2D eigenvalue weighted by atomic mass is 16.6. The van der Waals surface area contributed by atoms with E-state index in [2.05, 4.69) is 4.98 Å². The summed E-state index contributed by atoms with van der Waals surface area (Å²) in [5, 5.41) is 10.1. The maximum Gasteiger partial charge on any atom is 0.336 e. The SMILES string of the molecule is O=C(O)c1cc(-c2ccccc2)nc2cc3c(cc12)OCCO3. The first-order valence-corrected chi connectivity index (χ1v) is 7.25. The first-order chi connectivity index (χ1) is 11.2. The van der Waals surface area contributed by atoms with E-state index in [4.69, 9.17) is 9.47 Å². The minimum absolute atomic E-state index is 0.200. The van der Waals surface area contributed by atoms with Gasteiger partial charge in [-0.25, -0.2) is 9.78 Å². The summed E-state index contributed by atoms with van der Waals surface area (Å²) >= 11 is 0. The lowest BCUT2D eigenvalue weighted by molar-refractivity contribution is 0.0699. The summed E-state index contributed by atoms with van der Waals surface area (Å²) in [4.78, 5) is 16.3. The fraction of sp³-hybridized carbons (Fsp3) is 0.111. The highest BCUT2D eigenvalue weighted by Crippen LogP contribution is 2.36. The second-order valence-electron chi connectivity index (χ2n) is 5.24. The molecule has 1 N–H and O–H groups in total. The molecule has 3 aromatic rings. The summed E-state index contributed by atoms with van der Waals surface area (Å²) in [6, 6.07) is 14.5. The third kappa shape index (κ3) is 2.36. The molecule has 0 saturated heterocycles. The van der Waals surface area contributed by atoms with Crippen molar-refractivity contribution < 1.29 is 19.4 Å². The molecule has 0 bridgehead atoms. The zero-order chi connectivity index (χ0) is 15.8. The summed E-state index contributed by atoms with van der Waals surface area (Å²) in [6.45, 7) is 0.930. The Morgan fingerprint density at radius 1 is 1.00 bits per heavy atom. The summed E-state index contributed by atoms with van der Waals surface area (Å²) < 4.78 is 11.1. The standard InChI is InChI=1S/C18H13NO4/c20-18(21)13-8-14(11-4-2-1-3-5-11)19-15-10-17-16(9-12(13)15)22-6-7-23-17/h1-5,8-10H,6-7H2,(H,20,21). The van der Waals surface area contributed by atoms with Crippen LogP contribution in [-0.2, 0) is 0 Å². The van der Waals surface area contributed by atoms with Crippen LogP contribution in [0.3, 0.4) is 0 Å². The second kappa shape index (κ2) is 5.28. The molecular formula is C18H13NO4. The molecule has 1 aliphatic heterocycles. The number of hydrogen-bond donors (Lipinski definition) is 1. The van der Waals surface area contributed by atoms with Crippen LogP contribution >= 0.6 is 0 Å². The van der Waals surface area contributed by atoms with Gasteiger partial charge in [-0.3, -0.25) is 0 Å². The van der Waals surface area contributed by atoms with Crippen LogP contribution in [0.2, 0.25) is 0 Å². The molecule has 114 valence electrons. The fourth-order valence-electron chi connectivity index (χ4n) is 2.70. The van der Waals surface area contributed by atoms with Crippen molar-refractivity contribution in [3.8, 4) is 22.8 Å². The normalized spacial score (nSPS) is 13.0. The summed E-state index contributed by atoms with van der Waals surface area (Å²) in [5.74, 6) is 0.157. The number of aromatic nitrogens is 1. The summed E-state index contributed by atoms with van der Waals surface area (Å²) in [6.07, 6.45) is 0. The number of carboxylic acids is 1. The van der Waals surface area contributed by atoms with Gasteiger partial charge in [-0.05, 0) is 12.1 Å². The number of fused-ring (bicyclic) bond motifs is 2. The Labute approximate surface area is 132 Å². The van der Waals surface area contributed by atoms with Gasteiger partial charge in [-0.2, -0.15) is 0 Å². The maximum absolute atomic E-state index is 11.7. The monoisotopic (exact) mass is 307 g/mol. The molecule has 0 amide bonds. The molecule has 23 heavy (non-hydrogen) atoms. The van der Waals surface area contributed by atoms with Gasteiger partial charge < -0.3 is 14.6 Å². The second-order valence-corrected chi connectivity index (χ2v) is 5.24. The lowest BCUT2D eigenvalue weighted by Crippen LogP contribution is -2.15. The van der Waals surface area contributed by atoms with E-state index in [1.165, 1.54) is 0 Å². The molecule has 0 atom stereocenters. The number of rotatable bonds is 2. The van der Waals surface area contributed by atoms with Gasteiger partial charge in [0.05, 0.1) is 16.8 Å². The topological polar surface area (TPSA) is 68.7 Å². The van der Waals surface area contributed by atoms with Crippen LogP contribution in [-0.4, -0.2) is 29.3 Å². The molecule has 0 aliphatic carbocycles. The Morgan fingerprint density at radius 3 is 2.39 bits per heavy atom. The van der Waals surface area contributed by atoms with Gasteiger partial charge in [0.2, 0.25) is 0 Å². The van der Waals surface area contributed by atoms with Crippen molar-refractivity contribution in [1.29, 1.82) is 0 Å². The first-order valence-electron chi connectivity index (χ1n) is 7.25. The number of carbonyl (C=O) groups is 1. The molecule has 0 radical (unpaired) electrons. The van der Waals surface area contributed by atoms with Crippen LogP contribution in [0.1, 0.15) is 10.4 Å². The highest BCUT2D eigenvalue weighted by Gasteiger charge is 2.18. The van der Waals surface area contributed by atoms with E-state index in [0.29, 0.717) is 41.3 Å². The van der Waals surface area contributed by atoms with Gasteiger partial charge in [0.1, 0.15) is 13.2 Å². The molecule has 1 aliphatic rings. The Kier molecular flexibility index (Phi) is 3.12. The molecule has 2 heterocycles. The average molecular weight is 307 g/mol. The molecule has 5 heteroatoms. The van der Waals surface area contributed by atoms with Crippen molar-refractivity contribution >= 4 is 16.9 Å². The number of pyridine rings is 1. The lowest BCUT2D eigenvalue weighted by atomic mass is 10.0. The first kappa shape index (κ1) is 13.6. The van der Waals surface area contributed by atoms with E-state index in [9.17, 15) is 9.90 Å². The Hall–Kier alpha value is -3.08. The van der Waals surface area contributed by atoms with Gasteiger partial charge in [-0.1, -0.05) is 30.3 Å². The van der Waals surface area contributed by atoms with E-state index >= 15 is 0 Å². The predicted octanol–water partition coefficient (Wildman–Crippen LogP) is 3.37. The van der Waals surface area contributed by atoms with Crippen molar-refractivity contribution in [2.75, 3.05) is 13.2 Å². The van der Waals surface area contributed by atoms with Crippen molar-refractivity contribution in [2.45, 2.75) is 0 Å². The van der Waals surface area contributed by atoms with Gasteiger partial charge in [0.25, 0.3) is 0 Å². The number of carboxylic acid groups (broad SMARTS) is 1. The molecule has 0 saturated carbocycles. The quantitative estimate of drug-likeness (QED) is 0.786. The molecule has 1 aromatic heterocycles. The van der Waals surface area contributed by atoms with Crippen molar-refractivity contribution in [2.24, 2.45) is 0 Å². The predicted molar refractivity (Wildman–Crippen MR) is 85.1 cm³/mol. The fourth-order valence-corrected chi connectivity index (χ4v) is 2.70. The van der Waals surface area contributed by atoms with Crippen LogP contribution in [0.5, 0.6) is 11.5 Å². The third-order valence-corrected chi connectivity index (χ3v) is 3.77. The number of benzene rings is 2. The average Bonchev–Trinajstić information content (AvgIpc) is 2.59. The van der Waals surface area contributed by atoms with Gasteiger partial charge in [0.15, 0.2) is 11.5 Å². The number of hydrogen-bond acceptors (Lipinski definition) is 4. The summed E-state index contributed by atoms with van der Waals surface area (Å²) in [7, 11) is 0. The van der Waals surface area contributed by atoms with Crippen LogP contribution in [0.15, 0.2) is 48.5 Å². The van der Waals surface area contributed by atoms with Crippen LogP contribution in [0, 0.1) is 0 Å². The zero-order valence-corrected chi connectivity index (χ0v) is 12.2. The zero-order valence-electron chi connectivity index (χ0n) is 12.2. The highest BCUT2D eigenvalue weighted by molar-refractivity contribution is 6.04. The molecular weight excluding hydrogens is 294 g/mol. The largest absolute Gasteiger partial charge is 0.486 e. The number of nitrogens with zero attached hydrogens (tertiary/aromatic N) is 1. The van der Waals surface area contributed by atoms with Gasteiger partial charge >= 0.3 is 5.97 Å². The molecule has 0 spiro atoms. The summed E-state index contributed by atoms with van der Waals surface area (Å²) in [5.41, 5.74) is 2.26. The lowest BCUT2D eigenvalue weighted by Gasteiger charge is -2.19. The smallest absolute Gasteiger partial charge is 0.336 e. The Balaban J connectivity index is 1.99. The molecule has 4 rings (SSSR count). The molecule has 0 unspecified atom stereocenters. The van der Waals surface area contributed by atoms with Crippen LogP contribution in [0.4, 0.5) is 0 Å². The molecule has 5 nitrogen and oxygen atoms in total. The van der Waals surface area contributed by atoms with E-state index in [-0.39, 0.29) is 5.56 Å². The van der Waals surface area contributed by atoms with Gasteiger partial charge in [-0.15, -0.1) is 0 Å². The van der Waals surface area contributed by atoms with E-state index in [1.807, 2.05) is 30.3 Å². The van der Waals surface area contributed by atoms with Crippen molar-refractivity contribution in [1.82, 2.24) is 4.98 Å². The van der Waals surface area contributed by atoms with E-state index in [1.54, 1.807) is 18.2 Å². The van der Waals surface area contributed by atoms with E-state index in [0.717, 1.165) is 5.56 Å². The van der Waals surface area contributed by atoms with Crippen LogP contribution in [0.25, 0.3) is 22.2 Å². The van der Waals surface area contributed by atoms with Crippen molar-refractivity contribution in [3.05, 3.63) is 54.1 Å².